The lowest BCUT2D eigenvalue weighted by molar-refractivity contribution is 0.243. The molecule has 0 spiro atoms. The average Bonchev–Trinajstić information content (AvgIpc) is 3.45. The summed E-state index contributed by atoms with van der Waals surface area (Å²) < 4.78 is 18.6. The van der Waals surface area contributed by atoms with E-state index in [1.54, 1.807) is 24.5 Å². The van der Waals surface area contributed by atoms with Gasteiger partial charge in [-0.3, -0.25) is 0 Å². The summed E-state index contributed by atoms with van der Waals surface area (Å²) in [6.07, 6.45) is 3.25. The Morgan fingerprint density at radius 1 is 0.561 bits per heavy atom. The predicted octanol–water partition coefficient (Wildman–Crippen LogP) is 9.81. The molecule has 9 heteroatoms. The maximum absolute atomic E-state index is 6.35. The van der Waals surface area contributed by atoms with E-state index in [0.717, 1.165) is 11.1 Å². The van der Waals surface area contributed by atoms with E-state index in [2.05, 4.69) is 30.4 Å². The van der Waals surface area contributed by atoms with Gasteiger partial charge in [0, 0.05) is 24.5 Å². The molecule has 0 saturated carbocycles. The van der Waals surface area contributed by atoms with Crippen molar-refractivity contribution in [2.24, 2.45) is 20.5 Å². The molecule has 5 rings (SSSR count). The largest absolute Gasteiger partial charge is 0.490 e. The summed E-state index contributed by atoms with van der Waals surface area (Å²) in [6, 6.07) is 26.1. The maximum atomic E-state index is 6.35. The zero-order valence-electron chi connectivity index (χ0n) is 23.3. The van der Waals surface area contributed by atoms with Crippen molar-refractivity contribution in [3.8, 4) is 34.1 Å². The lowest BCUT2D eigenvalue weighted by Crippen LogP contribution is -2.06. The Balaban J connectivity index is 1.45. The fourth-order valence-electron chi connectivity index (χ4n) is 3.93. The molecule has 3 heterocycles. The zero-order chi connectivity index (χ0) is 28.6. The van der Waals surface area contributed by atoms with Crippen molar-refractivity contribution in [3.63, 3.8) is 0 Å². The molecule has 0 unspecified atom stereocenters. The highest BCUT2D eigenvalue weighted by atomic mass is 16.5. The van der Waals surface area contributed by atoms with E-state index >= 15 is 0 Å². The van der Waals surface area contributed by atoms with Gasteiger partial charge in [-0.1, -0.05) is 12.1 Å². The first-order valence-electron chi connectivity index (χ1n) is 13.3. The number of pyridine rings is 2. The highest BCUT2D eigenvalue weighted by molar-refractivity contribution is 5.74. The minimum Gasteiger partial charge on any atom is -0.490 e. The first-order valence-corrected chi connectivity index (χ1v) is 13.3. The van der Waals surface area contributed by atoms with E-state index in [-0.39, 0.29) is 12.2 Å². The first kappa shape index (κ1) is 27.4. The average molecular weight is 547 g/mol. The van der Waals surface area contributed by atoms with Crippen LogP contribution in [0.25, 0.3) is 22.6 Å². The van der Waals surface area contributed by atoms with Gasteiger partial charge in [-0.15, -0.1) is 20.5 Å². The van der Waals surface area contributed by atoms with E-state index in [9.17, 15) is 0 Å². The van der Waals surface area contributed by atoms with E-state index in [1.807, 2.05) is 100 Å². The maximum Gasteiger partial charge on any atom is 0.174 e. The van der Waals surface area contributed by atoms with Gasteiger partial charge in [-0.05, 0) is 88.4 Å². The topological polar surface area (TPSA) is 107 Å². The second-order valence-electron chi connectivity index (χ2n) is 9.63. The van der Waals surface area contributed by atoms with Crippen LogP contribution >= 0.6 is 0 Å². The normalized spacial score (nSPS) is 11.7. The summed E-state index contributed by atoms with van der Waals surface area (Å²) in [5, 5.41) is 17.1. The number of rotatable bonds is 10. The summed E-state index contributed by atoms with van der Waals surface area (Å²) in [5.74, 6) is 3.64. The zero-order valence-corrected chi connectivity index (χ0v) is 23.3. The molecule has 0 atom stereocenters. The first-order chi connectivity index (χ1) is 19.9. The van der Waals surface area contributed by atoms with Crippen LogP contribution < -0.4 is 9.47 Å². The molecule has 41 heavy (non-hydrogen) atoms. The summed E-state index contributed by atoms with van der Waals surface area (Å²) in [6.45, 7) is 7.90. The fraction of sp³-hybridized carbons (Fsp3) is 0.188. The van der Waals surface area contributed by atoms with Crippen molar-refractivity contribution in [2.75, 3.05) is 0 Å². The van der Waals surface area contributed by atoms with Gasteiger partial charge in [0.15, 0.2) is 11.6 Å². The smallest absolute Gasteiger partial charge is 0.174 e. The van der Waals surface area contributed by atoms with Crippen LogP contribution in [0, 0.1) is 0 Å². The van der Waals surface area contributed by atoms with Gasteiger partial charge in [0.05, 0.1) is 34.7 Å². The Morgan fingerprint density at radius 2 is 1.02 bits per heavy atom. The highest BCUT2D eigenvalue weighted by Crippen LogP contribution is 2.40. The molecule has 5 aromatic rings. The lowest BCUT2D eigenvalue weighted by Gasteiger charge is -2.14. The second-order valence-corrected chi connectivity index (χ2v) is 9.63. The van der Waals surface area contributed by atoms with Crippen molar-refractivity contribution in [1.82, 2.24) is 9.97 Å². The Labute approximate surface area is 238 Å². The molecule has 0 N–H and O–H groups in total. The summed E-state index contributed by atoms with van der Waals surface area (Å²) in [4.78, 5) is 8.37. The van der Waals surface area contributed by atoms with Crippen molar-refractivity contribution in [2.45, 2.75) is 39.9 Å². The number of benzene rings is 2. The Bertz CT molecular complexity index is 1530. The molecular formula is C32H30N6O3. The third-order valence-corrected chi connectivity index (χ3v) is 5.63. The molecule has 0 aliphatic carbocycles. The van der Waals surface area contributed by atoms with E-state index in [0.29, 0.717) is 46.0 Å². The van der Waals surface area contributed by atoms with Gasteiger partial charge < -0.3 is 13.9 Å². The second kappa shape index (κ2) is 12.8. The van der Waals surface area contributed by atoms with Crippen LogP contribution in [0.3, 0.4) is 0 Å². The van der Waals surface area contributed by atoms with Gasteiger partial charge in [0.1, 0.15) is 23.0 Å². The molecule has 0 radical (unpaired) electrons. The van der Waals surface area contributed by atoms with Crippen LogP contribution in [0.15, 0.2) is 122 Å². The number of aromatic nitrogens is 2. The Hall–Kier alpha value is -5.18. The van der Waals surface area contributed by atoms with Crippen LogP contribution in [0.5, 0.6) is 11.5 Å². The monoisotopic (exact) mass is 546 g/mol. The molecule has 206 valence electrons. The molecule has 0 amide bonds. The van der Waals surface area contributed by atoms with Gasteiger partial charge in [0.25, 0.3) is 0 Å². The Kier molecular flexibility index (Phi) is 8.54. The number of azo groups is 2. The van der Waals surface area contributed by atoms with Gasteiger partial charge in [0.2, 0.25) is 0 Å². The molecule has 0 aliphatic heterocycles. The van der Waals surface area contributed by atoms with Gasteiger partial charge in [-0.2, -0.15) is 0 Å². The molecule has 3 aromatic heterocycles. The quantitative estimate of drug-likeness (QED) is 0.162. The standard InChI is InChI=1S/C32H30N6O3/c1-21(2)39-29-19-23(35-37-31-9-5-7-17-33-31)11-13-25(29)27-15-16-28(41-27)26-14-12-24(20-30(26)40-22(3)4)36-38-32-10-6-8-18-34-32/h5-22H,1-4H3. The minimum absolute atomic E-state index is 0.0509. The third kappa shape index (κ3) is 7.27. The molecular weight excluding hydrogens is 516 g/mol. The Morgan fingerprint density at radius 3 is 1.41 bits per heavy atom. The van der Waals surface area contributed by atoms with Crippen molar-refractivity contribution < 1.29 is 13.9 Å². The highest BCUT2D eigenvalue weighted by Gasteiger charge is 2.17. The minimum atomic E-state index is -0.0509. The predicted molar refractivity (Wildman–Crippen MR) is 158 cm³/mol. The van der Waals surface area contributed by atoms with Crippen LogP contribution in [0.4, 0.5) is 23.0 Å². The van der Waals surface area contributed by atoms with Gasteiger partial charge >= 0.3 is 0 Å². The van der Waals surface area contributed by atoms with Crippen LogP contribution in [-0.2, 0) is 0 Å². The third-order valence-electron chi connectivity index (χ3n) is 5.63. The number of hydrogen-bond acceptors (Lipinski definition) is 9. The van der Waals surface area contributed by atoms with Crippen molar-refractivity contribution >= 4 is 23.0 Å². The SMILES string of the molecule is CC(C)Oc1cc(N=Nc2ccccn2)ccc1-c1ccc(-c2ccc(N=Nc3ccccn3)cc2OC(C)C)o1. The lowest BCUT2D eigenvalue weighted by atomic mass is 10.1. The number of furan rings is 1. The molecule has 0 bridgehead atoms. The number of nitrogens with zero attached hydrogens (tertiary/aromatic N) is 6. The van der Waals surface area contributed by atoms with Crippen LogP contribution in [-0.4, -0.2) is 22.2 Å². The van der Waals surface area contributed by atoms with Crippen molar-refractivity contribution in [1.29, 1.82) is 0 Å². The van der Waals surface area contributed by atoms with Crippen molar-refractivity contribution in [3.05, 3.63) is 97.3 Å². The molecule has 0 saturated heterocycles. The molecule has 0 fully saturated rings. The van der Waals surface area contributed by atoms with Crippen LogP contribution in [0.2, 0.25) is 0 Å². The van der Waals surface area contributed by atoms with E-state index < -0.39 is 0 Å². The van der Waals surface area contributed by atoms with E-state index in [1.165, 1.54) is 0 Å². The fourth-order valence-corrected chi connectivity index (χ4v) is 3.93. The molecule has 2 aromatic carbocycles. The van der Waals surface area contributed by atoms with E-state index in [4.69, 9.17) is 13.9 Å². The summed E-state index contributed by atoms with van der Waals surface area (Å²) in [7, 11) is 0. The summed E-state index contributed by atoms with van der Waals surface area (Å²) >= 11 is 0. The molecule has 0 aliphatic rings. The van der Waals surface area contributed by atoms with Crippen LogP contribution in [0.1, 0.15) is 27.7 Å². The summed E-state index contributed by atoms with van der Waals surface area (Å²) in [5.41, 5.74) is 2.89. The van der Waals surface area contributed by atoms with Gasteiger partial charge in [-0.25, -0.2) is 9.97 Å². The molecule has 9 nitrogen and oxygen atoms in total. The number of ether oxygens (including phenoxy) is 2. The number of hydrogen-bond donors (Lipinski definition) is 0.